The van der Waals surface area contributed by atoms with Gasteiger partial charge in [-0.2, -0.15) is 0 Å². The molecule has 3 aliphatic rings. The number of amides is 3. The Labute approximate surface area is 217 Å². The molecule has 0 bridgehead atoms. The normalized spacial score (nSPS) is 24.4. The molecule has 2 N–H and O–H groups in total. The summed E-state index contributed by atoms with van der Waals surface area (Å²) in [5.41, 5.74) is 4.02. The molecule has 3 amide bonds. The third-order valence-electron chi connectivity index (χ3n) is 7.79. The van der Waals surface area contributed by atoms with Crippen molar-refractivity contribution < 1.29 is 14.4 Å². The Bertz CT molecular complexity index is 1110. The number of fused-ring (bicyclic) bond motifs is 1. The minimum atomic E-state index is -0.472. The van der Waals surface area contributed by atoms with E-state index in [0.717, 1.165) is 73.2 Å². The van der Waals surface area contributed by atoms with Gasteiger partial charge in [0.2, 0.25) is 5.91 Å². The number of carbonyl (C=O) groups is 3. The third kappa shape index (κ3) is 5.30. The number of thioether (sulfide) groups is 1. The summed E-state index contributed by atoms with van der Waals surface area (Å²) in [5.74, 6) is 1.50. The molecule has 3 fully saturated rings. The van der Waals surface area contributed by atoms with Gasteiger partial charge < -0.3 is 20.4 Å². The molecule has 2 aromatic rings. The highest BCUT2D eigenvalue weighted by Gasteiger charge is 2.42. The molecular weight excluding hydrogens is 472 g/mol. The van der Waals surface area contributed by atoms with Crippen LogP contribution in [0.4, 0.5) is 4.79 Å². The van der Waals surface area contributed by atoms with Crippen LogP contribution < -0.4 is 10.6 Å². The lowest BCUT2D eigenvalue weighted by molar-refractivity contribution is -0.123. The Morgan fingerprint density at radius 2 is 1.67 bits per heavy atom. The molecule has 0 aromatic heterocycles. The van der Waals surface area contributed by atoms with E-state index in [9.17, 15) is 14.4 Å². The van der Waals surface area contributed by atoms with Crippen LogP contribution in [0.1, 0.15) is 39.5 Å². The smallest absolute Gasteiger partial charge is 0.279 e. The second-order valence-electron chi connectivity index (χ2n) is 10.3. The zero-order chi connectivity index (χ0) is 25.2. The summed E-state index contributed by atoms with van der Waals surface area (Å²) in [6.07, 6.45) is 0.800. The summed E-state index contributed by atoms with van der Waals surface area (Å²) in [7, 11) is 0. The van der Waals surface area contributed by atoms with Crippen LogP contribution in [0.25, 0.3) is 0 Å². The maximum absolute atomic E-state index is 13.2. The number of rotatable bonds is 7. The van der Waals surface area contributed by atoms with Gasteiger partial charge in [0.05, 0.1) is 6.04 Å². The monoisotopic (exact) mass is 506 g/mol. The highest BCUT2D eigenvalue weighted by Crippen LogP contribution is 2.33. The Kier molecular flexibility index (Phi) is 7.34. The van der Waals surface area contributed by atoms with Crippen molar-refractivity contribution in [3.8, 4) is 0 Å². The van der Waals surface area contributed by atoms with Gasteiger partial charge in [0.25, 0.3) is 11.1 Å². The molecule has 2 aromatic carbocycles. The number of benzene rings is 2. The van der Waals surface area contributed by atoms with Crippen molar-refractivity contribution in [2.45, 2.75) is 32.4 Å². The van der Waals surface area contributed by atoms with Crippen molar-refractivity contribution in [1.82, 2.24) is 20.4 Å². The molecule has 3 saturated heterocycles. The summed E-state index contributed by atoms with van der Waals surface area (Å²) in [5, 5.41) is 5.77. The van der Waals surface area contributed by atoms with Crippen molar-refractivity contribution in [3.63, 3.8) is 0 Å². The van der Waals surface area contributed by atoms with Crippen LogP contribution >= 0.6 is 11.8 Å². The molecule has 8 heteroatoms. The summed E-state index contributed by atoms with van der Waals surface area (Å²) in [6.45, 7) is 8.49. The molecule has 0 saturated carbocycles. The Morgan fingerprint density at radius 1 is 1.00 bits per heavy atom. The first-order valence-electron chi connectivity index (χ1n) is 12.8. The van der Waals surface area contributed by atoms with Crippen LogP contribution in [0, 0.1) is 25.7 Å². The second-order valence-corrected chi connectivity index (χ2v) is 11.3. The predicted molar refractivity (Wildman–Crippen MR) is 142 cm³/mol. The van der Waals surface area contributed by atoms with Crippen LogP contribution in [0.2, 0.25) is 0 Å². The molecule has 3 aliphatic heterocycles. The molecule has 7 nitrogen and oxygen atoms in total. The first-order valence-corrected chi connectivity index (χ1v) is 13.7. The fourth-order valence-electron chi connectivity index (χ4n) is 5.87. The fraction of sp³-hybridized carbons (Fsp3) is 0.464. The van der Waals surface area contributed by atoms with Gasteiger partial charge in [-0.15, -0.1) is 0 Å². The van der Waals surface area contributed by atoms with Crippen LogP contribution in [0.5, 0.6) is 0 Å². The number of carbonyl (C=O) groups excluding carboxylic acids is 3. The van der Waals surface area contributed by atoms with Gasteiger partial charge in [0, 0.05) is 44.0 Å². The fourth-order valence-corrected chi connectivity index (χ4v) is 6.64. The lowest BCUT2D eigenvalue weighted by Gasteiger charge is -2.26. The van der Waals surface area contributed by atoms with E-state index in [1.54, 1.807) is 0 Å². The predicted octanol–water partition coefficient (Wildman–Crippen LogP) is 3.38. The molecule has 190 valence electrons. The summed E-state index contributed by atoms with van der Waals surface area (Å²) < 4.78 is 0. The summed E-state index contributed by atoms with van der Waals surface area (Å²) in [4.78, 5) is 42.1. The second kappa shape index (κ2) is 10.6. The lowest BCUT2D eigenvalue weighted by atomic mass is 10.0. The van der Waals surface area contributed by atoms with E-state index in [1.807, 2.05) is 67.3 Å². The zero-order valence-electron chi connectivity index (χ0n) is 20.9. The van der Waals surface area contributed by atoms with Crippen LogP contribution in [-0.4, -0.2) is 71.4 Å². The minimum Gasteiger partial charge on any atom is -0.347 e. The molecule has 0 spiro atoms. The number of hydrogen-bond acceptors (Lipinski definition) is 5. The number of hydrogen-bond donors (Lipinski definition) is 2. The first-order chi connectivity index (χ1) is 17.4. The summed E-state index contributed by atoms with van der Waals surface area (Å²) in [6, 6.07) is 15.5. The first kappa shape index (κ1) is 24.8. The minimum absolute atomic E-state index is 0.108. The van der Waals surface area contributed by atoms with Crippen molar-refractivity contribution in [2.75, 3.05) is 38.5 Å². The van der Waals surface area contributed by atoms with Crippen LogP contribution in [0.15, 0.2) is 48.5 Å². The molecule has 3 heterocycles. The number of nitrogens with one attached hydrogen (secondary N) is 2. The van der Waals surface area contributed by atoms with Crippen molar-refractivity contribution in [1.29, 1.82) is 0 Å². The third-order valence-corrected chi connectivity index (χ3v) is 8.67. The van der Waals surface area contributed by atoms with E-state index in [4.69, 9.17) is 0 Å². The lowest BCUT2D eigenvalue weighted by Crippen LogP contribution is -2.44. The average Bonchev–Trinajstić information content (AvgIpc) is 3.57. The van der Waals surface area contributed by atoms with Gasteiger partial charge >= 0.3 is 0 Å². The topological polar surface area (TPSA) is 81.8 Å². The van der Waals surface area contributed by atoms with Gasteiger partial charge in [0.15, 0.2) is 0 Å². The van der Waals surface area contributed by atoms with Crippen LogP contribution in [-0.2, 0) is 4.79 Å². The largest absolute Gasteiger partial charge is 0.347 e. The maximum Gasteiger partial charge on any atom is 0.279 e. The molecule has 0 aliphatic carbocycles. The van der Waals surface area contributed by atoms with E-state index in [-0.39, 0.29) is 23.1 Å². The van der Waals surface area contributed by atoms with Crippen molar-refractivity contribution in [2.24, 2.45) is 11.8 Å². The highest BCUT2D eigenvalue weighted by atomic mass is 32.2. The van der Waals surface area contributed by atoms with E-state index in [2.05, 4.69) is 15.5 Å². The quantitative estimate of drug-likeness (QED) is 0.602. The van der Waals surface area contributed by atoms with Crippen molar-refractivity contribution >= 4 is 28.8 Å². The molecule has 5 rings (SSSR count). The molecule has 0 radical (unpaired) electrons. The highest BCUT2D eigenvalue weighted by molar-refractivity contribution is 8.14. The Morgan fingerprint density at radius 3 is 2.28 bits per heavy atom. The van der Waals surface area contributed by atoms with Gasteiger partial charge in [-0.05, 0) is 48.8 Å². The summed E-state index contributed by atoms with van der Waals surface area (Å²) >= 11 is 1.15. The number of nitrogens with zero attached hydrogens (tertiary/aromatic N) is 2. The molecule has 36 heavy (non-hydrogen) atoms. The Balaban J connectivity index is 1.17. The van der Waals surface area contributed by atoms with E-state index < -0.39 is 6.04 Å². The van der Waals surface area contributed by atoms with Crippen LogP contribution in [0.3, 0.4) is 0 Å². The molecular formula is C28H34N4O3S. The zero-order valence-corrected chi connectivity index (χ0v) is 21.7. The van der Waals surface area contributed by atoms with Gasteiger partial charge in [0.1, 0.15) is 6.04 Å². The van der Waals surface area contributed by atoms with E-state index in [1.165, 1.54) is 0 Å². The Hall–Kier alpha value is -2.84. The molecule has 3 unspecified atom stereocenters. The van der Waals surface area contributed by atoms with Crippen molar-refractivity contribution in [3.05, 3.63) is 70.8 Å². The number of aryl methyl sites for hydroxylation is 2. The van der Waals surface area contributed by atoms with Gasteiger partial charge in [-0.1, -0.05) is 60.3 Å². The van der Waals surface area contributed by atoms with Gasteiger partial charge in [-0.3, -0.25) is 14.4 Å². The standard InChI is InChI=1S/C28H34N4O3S/c1-18-7-6-8-19(2)25(18)27(34)32-15-21-13-31(14-22(21)16-32)12-11-23(20-9-4-3-5-10-20)29-26(33)24-17-36-28(35)30-24/h3-10,21-24H,11-17H2,1-2H3,(H,29,33)(H,30,35)/t21-,22?,23?,24?/m0/s1. The number of likely N-dealkylation sites (tertiary alicyclic amines) is 2. The SMILES string of the molecule is Cc1cccc(C)c1C(=O)N1CC2CN(CCC(NC(=O)C3CSC(=O)N3)c3ccccc3)C[C@H]2C1. The average molecular weight is 507 g/mol. The van der Waals surface area contributed by atoms with E-state index in [0.29, 0.717) is 17.6 Å². The molecule has 4 atom stereocenters. The van der Waals surface area contributed by atoms with Gasteiger partial charge in [-0.25, -0.2) is 0 Å². The van der Waals surface area contributed by atoms with E-state index >= 15 is 0 Å². The maximum atomic E-state index is 13.2.